The molecule has 0 aliphatic carbocycles. The van der Waals surface area contributed by atoms with Crippen LogP contribution in [-0.2, 0) is 4.74 Å². The number of aliphatic hydroxyl groups excluding tert-OH is 1. The van der Waals surface area contributed by atoms with E-state index >= 15 is 0 Å². The highest BCUT2D eigenvalue weighted by atomic mass is 16.5. The maximum Gasteiger partial charge on any atom is 0.0897 e. The van der Waals surface area contributed by atoms with Crippen molar-refractivity contribution in [2.24, 2.45) is 0 Å². The van der Waals surface area contributed by atoms with Gasteiger partial charge in [-0.2, -0.15) is 0 Å². The van der Waals surface area contributed by atoms with Gasteiger partial charge in [0.1, 0.15) is 0 Å². The second-order valence-corrected chi connectivity index (χ2v) is 6.35. The normalized spacial score (nSPS) is 14.7. The fourth-order valence-corrected chi connectivity index (χ4v) is 1.50. The van der Waals surface area contributed by atoms with Crippen molar-refractivity contribution in [1.29, 1.82) is 0 Å². The van der Waals surface area contributed by atoms with Crippen LogP contribution in [-0.4, -0.2) is 47.2 Å². The Morgan fingerprint density at radius 2 is 1.74 bits per heavy atom. The number of β-amino-alcohol motifs (C(OH)–C–C–N with tert-alkyl or cyclic N) is 1. The van der Waals surface area contributed by atoms with Crippen molar-refractivity contribution in [2.45, 2.75) is 77.5 Å². The van der Waals surface area contributed by atoms with Gasteiger partial charge in [0.25, 0.3) is 0 Å². The first-order valence-electron chi connectivity index (χ1n) is 7.44. The fourth-order valence-electron chi connectivity index (χ4n) is 1.50. The summed E-state index contributed by atoms with van der Waals surface area (Å²) in [6, 6.07) is 0. The first-order valence-corrected chi connectivity index (χ1v) is 7.44. The minimum Gasteiger partial charge on any atom is -0.389 e. The summed E-state index contributed by atoms with van der Waals surface area (Å²) < 4.78 is 5.44. The molecule has 0 aromatic rings. The monoisotopic (exact) mass is 275 g/mol. The van der Waals surface area contributed by atoms with Crippen molar-refractivity contribution in [3.63, 3.8) is 0 Å². The molecule has 0 radical (unpaired) electrons. The lowest BCUT2D eigenvalue weighted by Crippen LogP contribution is -2.57. The Hall–Kier alpha value is -0.160. The molecule has 0 aromatic carbocycles. The van der Waals surface area contributed by atoms with Gasteiger partial charge in [0.2, 0.25) is 0 Å². The molecule has 116 valence electrons. The van der Waals surface area contributed by atoms with Gasteiger partial charge in [-0.1, -0.05) is 26.2 Å². The van der Waals surface area contributed by atoms with Gasteiger partial charge in [-0.3, -0.25) is 0 Å². The van der Waals surface area contributed by atoms with Gasteiger partial charge in [-0.15, -0.1) is 0 Å². The van der Waals surface area contributed by atoms with Crippen molar-refractivity contribution in [3.8, 4) is 0 Å². The summed E-state index contributed by atoms with van der Waals surface area (Å²) in [4.78, 5) is 0. The Morgan fingerprint density at radius 1 is 1.11 bits per heavy atom. The van der Waals surface area contributed by atoms with E-state index in [0.717, 1.165) is 6.42 Å². The largest absolute Gasteiger partial charge is 0.389 e. The Balaban J connectivity index is 3.67. The molecule has 0 saturated carbocycles. The lowest BCUT2D eigenvalue weighted by molar-refractivity contribution is -0.0178. The van der Waals surface area contributed by atoms with Gasteiger partial charge in [0.15, 0.2) is 0 Å². The quantitative estimate of drug-likeness (QED) is 0.505. The van der Waals surface area contributed by atoms with E-state index < -0.39 is 17.2 Å². The minimum absolute atomic E-state index is 0.348. The summed E-state index contributed by atoms with van der Waals surface area (Å²) >= 11 is 0. The molecule has 0 rings (SSSR count). The van der Waals surface area contributed by atoms with Crippen molar-refractivity contribution in [3.05, 3.63) is 0 Å². The Labute approximate surface area is 118 Å². The third-order valence-electron chi connectivity index (χ3n) is 3.76. The van der Waals surface area contributed by atoms with Gasteiger partial charge in [-0.25, -0.2) is 0 Å². The first kappa shape index (κ1) is 18.8. The third kappa shape index (κ3) is 8.58. The SMILES string of the molecule is CCCCCCOCC(O)CNC(C)(C)C(C)(C)O. The molecule has 4 nitrogen and oxygen atoms in total. The molecule has 1 atom stereocenters. The van der Waals surface area contributed by atoms with E-state index in [1.165, 1.54) is 19.3 Å². The summed E-state index contributed by atoms with van der Waals surface area (Å²) in [5.41, 5.74) is -1.29. The van der Waals surface area contributed by atoms with E-state index in [-0.39, 0.29) is 0 Å². The zero-order valence-electron chi connectivity index (χ0n) is 13.3. The molecule has 3 N–H and O–H groups in total. The van der Waals surface area contributed by atoms with Crippen LogP contribution in [0.2, 0.25) is 0 Å². The number of rotatable bonds is 11. The molecule has 0 spiro atoms. The maximum atomic E-state index is 9.98. The molecular formula is C15H33NO3. The zero-order valence-corrected chi connectivity index (χ0v) is 13.3. The highest BCUT2D eigenvalue weighted by molar-refractivity contribution is 4.93. The van der Waals surface area contributed by atoms with Crippen LogP contribution in [0.15, 0.2) is 0 Å². The molecule has 0 bridgehead atoms. The zero-order chi connectivity index (χ0) is 14.9. The number of hydrogen-bond donors (Lipinski definition) is 3. The van der Waals surface area contributed by atoms with Crippen LogP contribution in [0.1, 0.15) is 60.3 Å². The minimum atomic E-state index is -0.840. The lowest BCUT2D eigenvalue weighted by atomic mass is 9.86. The number of unbranched alkanes of at least 4 members (excludes halogenated alkanes) is 3. The van der Waals surface area contributed by atoms with Crippen molar-refractivity contribution in [1.82, 2.24) is 5.32 Å². The number of aliphatic hydroxyl groups is 2. The van der Waals surface area contributed by atoms with Crippen molar-refractivity contribution >= 4 is 0 Å². The summed E-state index contributed by atoms with van der Waals surface area (Å²) in [5, 5.41) is 23.0. The lowest BCUT2D eigenvalue weighted by Gasteiger charge is -2.38. The summed E-state index contributed by atoms with van der Waals surface area (Å²) in [6.45, 7) is 11.0. The standard InChI is InChI=1S/C15H33NO3/c1-6-7-8-9-10-19-12-13(17)11-16-14(2,3)15(4,5)18/h13,16-18H,6-12H2,1-5H3. The molecule has 4 heteroatoms. The van der Waals surface area contributed by atoms with Gasteiger partial charge < -0.3 is 20.3 Å². The van der Waals surface area contributed by atoms with Gasteiger partial charge in [0, 0.05) is 18.7 Å². The van der Waals surface area contributed by atoms with E-state index in [0.29, 0.717) is 19.8 Å². The summed E-state index contributed by atoms with van der Waals surface area (Å²) in [6.07, 6.45) is 4.18. The van der Waals surface area contributed by atoms with Crippen LogP contribution in [0, 0.1) is 0 Å². The van der Waals surface area contributed by atoms with E-state index in [1.54, 1.807) is 13.8 Å². The molecule has 0 aromatic heterocycles. The van der Waals surface area contributed by atoms with Crippen LogP contribution in [0.25, 0.3) is 0 Å². The van der Waals surface area contributed by atoms with E-state index in [2.05, 4.69) is 12.2 Å². The molecule has 1 unspecified atom stereocenters. The van der Waals surface area contributed by atoms with E-state index in [9.17, 15) is 10.2 Å². The molecule has 0 heterocycles. The third-order valence-corrected chi connectivity index (χ3v) is 3.76. The van der Waals surface area contributed by atoms with Crippen LogP contribution >= 0.6 is 0 Å². The molecule has 0 amide bonds. The van der Waals surface area contributed by atoms with Crippen LogP contribution in [0.3, 0.4) is 0 Å². The average Bonchev–Trinajstić information content (AvgIpc) is 2.29. The summed E-state index contributed by atoms with van der Waals surface area (Å²) in [7, 11) is 0. The molecule has 0 saturated heterocycles. The van der Waals surface area contributed by atoms with Crippen LogP contribution in [0.4, 0.5) is 0 Å². The smallest absolute Gasteiger partial charge is 0.0897 e. The van der Waals surface area contributed by atoms with E-state index in [1.807, 2.05) is 13.8 Å². The predicted octanol–water partition coefficient (Wildman–Crippen LogP) is 2.08. The number of ether oxygens (including phenoxy) is 1. The first-order chi connectivity index (χ1) is 8.70. The van der Waals surface area contributed by atoms with Crippen molar-refractivity contribution in [2.75, 3.05) is 19.8 Å². The molecule has 0 aliphatic heterocycles. The Bertz CT molecular complexity index is 224. The van der Waals surface area contributed by atoms with Crippen LogP contribution < -0.4 is 5.32 Å². The Morgan fingerprint density at radius 3 is 2.26 bits per heavy atom. The number of nitrogens with one attached hydrogen (secondary N) is 1. The average molecular weight is 275 g/mol. The van der Waals surface area contributed by atoms with Gasteiger partial charge in [0.05, 0.1) is 18.3 Å². The van der Waals surface area contributed by atoms with Crippen molar-refractivity contribution < 1.29 is 14.9 Å². The highest BCUT2D eigenvalue weighted by Gasteiger charge is 2.34. The molecule has 0 aliphatic rings. The fraction of sp³-hybridized carbons (Fsp3) is 1.00. The molecular weight excluding hydrogens is 242 g/mol. The highest BCUT2D eigenvalue weighted by Crippen LogP contribution is 2.20. The van der Waals surface area contributed by atoms with Gasteiger partial charge in [-0.05, 0) is 34.1 Å². The molecule has 19 heavy (non-hydrogen) atoms. The maximum absolute atomic E-state index is 9.98. The van der Waals surface area contributed by atoms with Gasteiger partial charge >= 0.3 is 0 Å². The topological polar surface area (TPSA) is 61.7 Å². The second-order valence-electron chi connectivity index (χ2n) is 6.35. The van der Waals surface area contributed by atoms with E-state index in [4.69, 9.17) is 4.74 Å². The number of hydrogen-bond acceptors (Lipinski definition) is 4. The predicted molar refractivity (Wildman–Crippen MR) is 79.3 cm³/mol. The molecule has 0 fully saturated rings. The summed E-state index contributed by atoms with van der Waals surface area (Å²) in [5.74, 6) is 0. The van der Waals surface area contributed by atoms with Crippen LogP contribution in [0.5, 0.6) is 0 Å². The second kappa shape index (κ2) is 8.90. The Kier molecular flexibility index (Phi) is 8.83.